The van der Waals surface area contributed by atoms with Crippen LogP contribution in [0.1, 0.15) is 44.0 Å². The molecule has 6 nitrogen and oxygen atoms in total. The van der Waals surface area contributed by atoms with E-state index in [1.165, 1.54) is 5.69 Å². The number of aryl methyl sites for hydroxylation is 1. The largest absolute Gasteiger partial charge is 0.303 e. The van der Waals surface area contributed by atoms with E-state index in [0.29, 0.717) is 11.8 Å². The molecule has 6 heteroatoms. The first kappa shape index (κ1) is 17.9. The lowest BCUT2D eigenvalue weighted by Crippen LogP contribution is -2.37. The third kappa shape index (κ3) is 4.57. The summed E-state index contributed by atoms with van der Waals surface area (Å²) < 4.78 is 3.73. The van der Waals surface area contributed by atoms with Gasteiger partial charge in [0, 0.05) is 44.5 Å². The zero-order chi connectivity index (χ0) is 17.8. The molecule has 0 bridgehead atoms. The van der Waals surface area contributed by atoms with Gasteiger partial charge < -0.3 is 4.90 Å². The molecule has 1 aliphatic rings. The third-order valence-electron chi connectivity index (χ3n) is 5.26. The van der Waals surface area contributed by atoms with Gasteiger partial charge in [0.1, 0.15) is 0 Å². The van der Waals surface area contributed by atoms with Crippen LogP contribution in [0.4, 0.5) is 0 Å². The second-order valence-corrected chi connectivity index (χ2v) is 7.44. The molecular weight excluding hydrogens is 314 g/mol. The van der Waals surface area contributed by atoms with Gasteiger partial charge in [-0.25, -0.2) is 4.98 Å². The second-order valence-electron chi connectivity index (χ2n) is 7.44. The monoisotopic (exact) mass is 343 g/mol. The van der Waals surface area contributed by atoms with Crippen molar-refractivity contribution in [3.05, 3.63) is 46.4 Å². The summed E-state index contributed by atoms with van der Waals surface area (Å²) in [5.74, 6) is 0.863. The molecule has 2 aromatic rings. The number of nitrogens with zero attached hydrogens (tertiary/aromatic N) is 5. The number of aromatic nitrogens is 4. The quantitative estimate of drug-likeness (QED) is 0.806. The minimum atomic E-state index is 0.0809. The van der Waals surface area contributed by atoms with Crippen LogP contribution < -0.4 is 5.56 Å². The highest BCUT2D eigenvalue weighted by Gasteiger charge is 2.20. The summed E-state index contributed by atoms with van der Waals surface area (Å²) in [5.41, 5.74) is 2.24. The predicted octanol–water partition coefficient (Wildman–Crippen LogP) is 2.05. The maximum atomic E-state index is 12.3. The molecule has 25 heavy (non-hydrogen) atoms. The van der Waals surface area contributed by atoms with Crippen molar-refractivity contribution >= 4 is 0 Å². The van der Waals surface area contributed by atoms with Crippen LogP contribution in [-0.4, -0.2) is 43.9 Å². The zero-order valence-electron chi connectivity index (χ0n) is 15.6. The van der Waals surface area contributed by atoms with Crippen LogP contribution in [0, 0.1) is 5.92 Å². The molecule has 0 radical (unpaired) electrons. The SMILES string of the molecule is CC(C)c1cc(=O)n(CC2CCN(CCc3ccnn3C)CC2)cn1. The van der Waals surface area contributed by atoms with E-state index in [9.17, 15) is 4.79 Å². The average Bonchev–Trinajstić information content (AvgIpc) is 3.01. The first-order chi connectivity index (χ1) is 12.0. The summed E-state index contributed by atoms with van der Waals surface area (Å²) in [6.45, 7) is 8.21. The van der Waals surface area contributed by atoms with Crippen molar-refractivity contribution in [1.29, 1.82) is 0 Å². The Morgan fingerprint density at radius 1 is 1.28 bits per heavy atom. The van der Waals surface area contributed by atoms with E-state index in [2.05, 4.69) is 34.9 Å². The summed E-state index contributed by atoms with van der Waals surface area (Å²) in [6.07, 6.45) is 6.92. The molecule has 0 saturated carbocycles. The summed E-state index contributed by atoms with van der Waals surface area (Å²) in [6, 6.07) is 3.78. The van der Waals surface area contributed by atoms with Gasteiger partial charge in [-0.2, -0.15) is 5.10 Å². The van der Waals surface area contributed by atoms with Crippen LogP contribution in [0.3, 0.4) is 0 Å². The van der Waals surface area contributed by atoms with E-state index in [0.717, 1.165) is 51.1 Å². The average molecular weight is 343 g/mol. The molecule has 1 aliphatic heterocycles. The molecule has 0 aromatic carbocycles. The molecule has 3 heterocycles. The van der Waals surface area contributed by atoms with Crippen LogP contribution in [-0.2, 0) is 20.0 Å². The Hall–Kier alpha value is -1.95. The molecule has 0 aliphatic carbocycles. The third-order valence-corrected chi connectivity index (χ3v) is 5.26. The van der Waals surface area contributed by atoms with Gasteiger partial charge >= 0.3 is 0 Å². The molecule has 0 atom stereocenters. The van der Waals surface area contributed by atoms with Crippen molar-refractivity contribution in [2.75, 3.05) is 19.6 Å². The minimum Gasteiger partial charge on any atom is -0.303 e. The highest BCUT2D eigenvalue weighted by atomic mass is 16.1. The van der Waals surface area contributed by atoms with E-state index < -0.39 is 0 Å². The molecule has 3 rings (SSSR count). The van der Waals surface area contributed by atoms with Crippen LogP contribution in [0.25, 0.3) is 0 Å². The molecule has 0 spiro atoms. The van der Waals surface area contributed by atoms with Crippen molar-refractivity contribution in [1.82, 2.24) is 24.2 Å². The Morgan fingerprint density at radius 2 is 2.04 bits per heavy atom. The van der Waals surface area contributed by atoms with Crippen molar-refractivity contribution in [2.24, 2.45) is 13.0 Å². The van der Waals surface area contributed by atoms with E-state index in [4.69, 9.17) is 0 Å². The van der Waals surface area contributed by atoms with Gasteiger partial charge in [0.25, 0.3) is 5.56 Å². The summed E-state index contributed by atoms with van der Waals surface area (Å²) >= 11 is 0. The standard InChI is InChI=1S/C19H29N5O/c1-15(2)18-12-19(25)24(14-20-18)13-16-5-9-23(10-6-16)11-7-17-4-8-21-22(17)3/h4,8,12,14-16H,5-7,9-11,13H2,1-3H3. The fourth-order valence-corrected chi connectivity index (χ4v) is 3.48. The Kier molecular flexibility index (Phi) is 5.68. The van der Waals surface area contributed by atoms with Crippen LogP contribution >= 0.6 is 0 Å². The van der Waals surface area contributed by atoms with Gasteiger partial charge in [-0.3, -0.25) is 14.0 Å². The first-order valence-electron chi connectivity index (χ1n) is 9.28. The summed E-state index contributed by atoms with van der Waals surface area (Å²) in [4.78, 5) is 19.2. The van der Waals surface area contributed by atoms with Gasteiger partial charge in [0.05, 0.1) is 12.0 Å². The van der Waals surface area contributed by atoms with E-state index in [-0.39, 0.29) is 5.56 Å². The summed E-state index contributed by atoms with van der Waals surface area (Å²) in [7, 11) is 2.00. The zero-order valence-corrected chi connectivity index (χ0v) is 15.6. The van der Waals surface area contributed by atoms with Gasteiger partial charge in [0.2, 0.25) is 0 Å². The number of piperidine rings is 1. The smallest absolute Gasteiger partial charge is 0.253 e. The number of hydrogen-bond acceptors (Lipinski definition) is 4. The second kappa shape index (κ2) is 7.95. The highest BCUT2D eigenvalue weighted by Crippen LogP contribution is 2.19. The highest BCUT2D eigenvalue weighted by molar-refractivity contribution is 5.04. The van der Waals surface area contributed by atoms with Crippen molar-refractivity contribution in [2.45, 2.75) is 45.6 Å². The Morgan fingerprint density at radius 3 is 2.64 bits per heavy atom. The number of hydrogen-bond donors (Lipinski definition) is 0. The normalized spacial score (nSPS) is 16.6. The molecule has 0 amide bonds. The maximum Gasteiger partial charge on any atom is 0.253 e. The lowest BCUT2D eigenvalue weighted by atomic mass is 9.96. The molecule has 1 saturated heterocycles. The predicted molar refractivity (Wildman–Crippen MR) is 98.7 cm³/mol. The van der Waals surface area contributed by atoms with E-state index in [1.54, 1.807) is 17.0 Å². The minimum absolute atomic E-state index is 0.0809. The lowest BCUT2D eigenvalue weighted by molar-refractivity contribution is 0.173. The summed E-state index contributed by atoms with van der Waals surface area (Å²) in [5, 5.41) is 4.22. The molecular formula is C19H29N5O. The molecule has 136 valence electrons. The Labute approximate surface area is 149 Å². The fourth-order valence-electron chi connectivity index (χ4n) is 3.48. The van der Waals surface area contributed by atoms with Crippen LogP contribution in [0.15, 0.2) is 29.5 Å². The Balaban J connectivity index is 1.48. The number of rotatable bonds is 6. The topological polar surface area (TPSA) is 56.0 Å². The lowest BCUT2D eigenvalue weighted by Gasteiger charge is -2.32. The van der Waals surface area contributed by atoms with Gasteiger partial charge in [0.15, 0.2) is 0 Å². The molecule has 2 aromatic heterocycles. The maximum absolute atomic E-state index is 12.3. The Bertz CT molecular complexity index is 740. The van der Waals surface area contributed by atoms with E-state index >= 15 is 0 Å². The number of likely N-dealkylation sites (tertiary alicyclic amines) is 1. The molecule has 1 fully saturated rings. The van der Waals surface area contributed by atoms with Gasteiger partial charge in [-0.15, -0.1) is 0 Å². The van der Waals surface area contributed by atoms with Crippen LogP contribution in [0.5, 0.6) is 0 Å². The van der Waals surface area contributed by atoms with Crippen molar-refractivity contribution in [3.8, 4) is 0 Å². The van der Waals surface area contributed by atoms with Crippen molar-refractivity contribution in [3.63, 3.8) is 0 Å². The molecule has 0 unspecified atom stereocenters. The first-order valence-corrected chi connectivity index (χ1v) is 9.28. The van der Waals surface area contributed by atoms with Gasteiger partial charge in [-0.1, -0.05) is 13.8 Å². The van der Waals surface area contributed by atoms with E-state index in [1.807, 2.05) is 17.9 Å². The van der Waals surface area contributed by atoms with Gasteiger partial charge in [-0.05, 0) is 43.8 Å². The van der Waals surface area contributed by atoms with Crippen molar-refractivity contribution < 1.29 is 0 Å². The fraction of sp³-hybridized carbons (Fsp3) is 0.632. The molecule has 0 N–H and O–H groups in total. The van der Waals surface area contributed by atoms with Crippen LogP contribution in [0.2, 0.25) is 0 Å².